The Morgan fingerprint density at radius 1 is 1.24 bits per heavy atom. The topological polar surface area (TPSA) is 33.5 Å². The Labute approximate surface area is 122 Å². The number of piperidine rings is 1. The first-order valence-corrected chi connectivity index (χ1v) is 7.19. The minimum absolute atomic E-state index is 0.324. The average molecular weight is 301 g/mol. The van der Waals surface area contributed by atoms with Gasteiger partial charge in [-0.2, -0.15) is 0 Å². The largest absolute Gasteiger partial charge is 0.325 e. The van der Waals surface area contributed by atoms with E-state index in [1.807, 2.05) is 0 Å². The first kappa shape index (κ1) is 15.8. The zero-order valence-corrected chi connectivity index (χ0v) is 12.2. The predicted molar refractivity (Wildman–Crippen MR) is 73.5 cm³/mol. The maximum Gasteiger partial charge on any atom is 0.282 e. The summed E-state index contributed by atoms with van der Waals surface area (Å²) < 4.78 is 39.5. The van der Waals surface area contributed by atoms with Gasteiger partial charge in [0.1, 0.15) is 0 Å². The van der Waals surface area contributed by atoms with Gasteiger partial charge < -0.3 is 10.2 Å². The molecular formula is C15H20F3N2O+. The van der Waals surface area contributed by atoms with Crippen LogP contribution in [0.15, 0.2) is 12.1 Å². The van der Waals surface area contributed by atoms with Gasteiger partial charge in [-0.3, -0.25) is 4.79 Å². The van der Waals surface area contributed by atoms with Crippen molar-refractivity contribution in [3.05, 3.63) is 29.6 Å². The van der Waals surface area contributed by atoms with Gasteiger partial charge in [0.15, 0.2) is 23.5 Å². The lowest BCUT2D eigenvalue weighted by Gasteiger charge is -2.31. The predicted octanol–water partition coefficient (Wildman–Crippen LogP) is 1.75. The third kappa shape index (κ3) is 3.56. The average Bonchev–Trinajstić information content (AvgIpc) is 2.48. The second kappa shape index (κ2) is 6.47. The van der Waals surface area contributed by atoms with E-state index < -0.39 is 17.5 Å². The van der Waals surface area contributed by atoms with E-state index in [-0.39, 0.29) is 17.6 Å². The van der Waals surface area contributed by atoms with Crippen molar-refractivity contribution < 1.29 is 22.9 Å². The summed E-state index contributed by atoms with van der Waals surface area (Å²) in [5.74, 6) is -3.93. The highest BCUT2D eigenvalue weighted by Crippen LogP contribution is 2.19. The molecule has 1 fully saturated rings. The normalized spacial score (nSPS) is 23.7. The van der Waals surface area contributed by atoms with Gasteiger partial charge >= 0.3 is 0 Å². The summed E-state index contributed by atoms with van der Waals surface area (Å²) in [7, 11) is 0. The second-order valence-electron chi connectivity index (χ2n) is 5.77. The highest BCUT2D eigenvalue weighted by atomic mass is 19.2. The fraction of sp³-hybridized carbons (Fsp3) is 0.533. The number of hydrogen-bond acceptors (Lipinski definition) is 1. The molecule has 1 aliphatic heterocycles. The van der Waals surface area contributed by atoms with Crippen LogP contribution in [0.2, 0.25) is 0 Å². The number of halogens is 3. The molecule has 0 aromatic heterocycles. The van der Waals surface area contributed by atoms with Crippen LogP contribution in [0.25, 0.3) is 0 Å². The van der Waals surface area contributed by atoms with E-state index >= 15 is 0 Å². The molecular weight excluding hydrogens is 281 g/mol. The van der Waals surface area contributed by atoms with Gasteiger partial charge in [-0.25, -0.2) is 13.2 Å². The van der Waals surface area contributed by atoms with Gasteiger partial charge in [0.05, 0.1) is 18.8 Å². The maximum atomic E-state index is 13.5. The van der Waals surface area contributed by atoms with Crippen LogP contribution in [0.5, 0.6) is 0 Å². The molecule has 2 N–H and O–H groups in total. The smallest absolute Gasteiger partial charge is 0.282 e. The number of rotatable bonds is 3. The van der Waals surface area contributed by atoms with Crippen LogP contribution in [0.1, 0.15) is 26.7 Å². The summed E-state index contributed by atoms with van der Waals surface area (Å²) in [6.45, 7) is 5.71. The molecule has 1 heterocycles. The molecule has 0 unspecified atom stereocenters. The van der Waals surface area contributed by atoms with Crippen LogP contribution in [-0.4, -0.2) is 25.0 Å². The van der Waals surface area contributed by atoms with Crippen molar-refractivity contribution in [2.24, 2.45) is 5.92 Å². The Balaban J connectivity index is 2.02. The van der Waals surface area contributed by atoms with Gasteiger partial charge in [-0.1, -0.05) is 6.92 Å². The molecule has 0 radical (unpaired) electrons. The molecule has 3 nitrogen and oxygen atoms in total. The Morgan fingerprint density at radius 2 is 1.86 bits per heavy atom. The molecule has 6 heteroatoms. The number of benzene rings is 1. The Kier molecular flexibility index (Phi) is 4.88. The third-order valence-corrected chi connectivity index (χ3v) is 4.22. The summed E-state index contributed by atoms with van der Waals surface area (Å²) >= 11 is 0. The van der Waals surface area contributed by atoms with Crippen molar-refractivity contribution in [2.75, 3.05) is 18.4 Å². The van der Waals surface area contributed by atoms with Gasteiger partial charge in [0, 0.05) is 0 Å². The highest BCUT2D eigenvalue weighted by molar-refractivity contribution is 5.93. The lowest BCUT2D eigenvalue weighted by atomic mass is 9.98. The van der Waals surface area contributed by atoms with Crippen molar-refractivity contribution in [2.45, 2.75) is 32.7 Å². The van der Waals surface area contributed by atoms with Crippen LogP contribution < -0.4 is 10.2 Å². The third-order valence-electron chi connectivity index (χ3n) is 4.22. The molecule has 0 saturated carbocycles. The molecule has 0 spiro atoms. The number of carbonyl (C=O) groups is 1. The maximum absolute atomic E-state index is 13.5. The van der Waals surface area contributed by atoms with E-state index in [1.165, 1.54) is 0 Å². The number of carbonyl (C=O) groups excluding carboxylic acids is 1. The van der Waals surface area contributed by atoms with E-state index in [1.54, 1.807) is 6.92 Å². The number of likely N-dealkylation sites (tertiary alicyclic amines) is 1. The summed E-state index contributed by atoms with van der Waals surface area (Å²) in [4.78, 5) is 13.3. The van der Waals surface area contributed by atoms with Crippen LogP contribution in [0.4, 0.5) is 18.9 Å². The van der Waals surface area contributed by atoms with Crippen LogP contribution in [0, 0.1) is 23.4 Å². The molecule has 1 saturated heterocycles. The van der Waals surface area contributed by atoms with Crippen molar-refractivity contribution in [3.8, 4) is 0 Å². The van der Waals surface area contributed by atoms with E-state index in [0.717, 1.165) is 43.0 Å². The lowest BCUT2D eigenvalue weighted by molar-refractivity contribution is -0.919. The minimum Gasteiger partial charge on any atom is -0.325 e. The SMILES string of the molecule is CC1CC[NH+]([C@@H](C)C(=O)Nc2ccc(F)c(F)c2F)CC1. The first-order chi connectivity index (χ1) is 9.90. The fourth-order valence-corrected chi connectivity index (χ4v) is 2.61. The highest BCUT2D eigenvalue weighted by Gasteiger charge is 2.29. The number of anilines is 1. The van der Waals surface area contributed by atoms with Crippen molar-refractivity contribution in [1.29, 1.82) is 0 Å². The quantitative estimate of drug-likeness (QED) is 0.819. The molecule has 1 atom stereocenters. The molecule has 0 aliphatic carbocycles. The van der Waals surface area contributed by atoms with Crippen LogP contribution in [0.3, 0.4) is 0 Å². The van der Waals surface area contributed by atoms with E-state index in [9.17, 15) is 18.0 Å². The zero-order valence-electron chi connectivity index (χ0n) is 12.2. The molecule has 1 aromatic rings. The van der Waals surface area contributed by atoms with Crippen molar-refractivity contribution in [3.63, 3.8) is 0 Å². The molecule has 2 rings (SSSR count). The summed E-state index contributed by atoms with van der Waals surface area (Å²) in [5.41, 5.74) is -0.324. The number of hydrogen-bond donors (Lipinski definition) is 2. The number of quaternary nitrogens is 1. The molecule has 116 valence electrons. The van der Waals surface area contributed by atoms with Crippen molar-refractivity contribution >= 4 is 11.6 Å². The summed E-state index contributed by atoms with van der Waals surface area (Å²) in [5, 5.41) is 2.35. The first-order valence-electron chi connectivity index (χ1n) is 7.19. The summed E-state index contributed by atoms with van der Waals surface area (Å²) in [6, 6.07) is 1.48. The van der Waals surface area contributed by atoms with Gasteiger partial charge in [-0.05, 0) is 37.8 Å². The van der Waals surface area contributed by atoms with Gasteiger partial charge in [0.2, 0.25) is 0 Å². The zero-order chi connectivity index (χ0) is 15.6. The molecule has 1 amide bonds. The lowest BCUT2D eigenvalue weighted by Crippen LogP contribution is -3.17. The molecule has 21 heavy (non-hydrogen) atoms. The van der Waals surface area contributed by atoms with Crippen LogP contribution >= 0.6 is 0 Å². The van der Waals surface area contributed by atoms with Gasteiger partial charge in [0.25, 0.3) is 5.91 Å². The van der Waals surface area contributed by atoms with E-state index in [2.05, 4.69) is 12.2 Å². The Hall–Kier alpha value is -1.56. The Morgan fingerprint density at radius 3 is 2.48 bits per heavy atom. The van der Waals surface area contributed by atoms with E-state index in [0.29, 0.717) is 5.92 Å². The minimum atomic E-state index is -1.57. The summed E-state index contributed by atoms with van der Waals surface area (Å²) in [6.07, 6.45) is 2.10. The monoisotopic (exact) mass is 301 g/mol. The van der Waals surface area contributed by atoms with Gasteiger partial charge in [-0.15, -0.1) is 0 Å². The fourth-order valence-electron chi connectivity index (χ4n) is 2.61. The number of nitrogens with one attached hydrogen (secondary N) is 2. The van der Waals surface area contributed by atoms with Crippen molar-refractivity contribution in [1.82, 2.24) is 0 Å². The van der Waals surface area contributed by atoms with E-state index in [4.69, 9.17) is 0 Å². The van der Waals surface area contributed by atoms with Crippen LogP contribution in [-0.2, 0) is 4.79 Å². The molecule has 1 aliphatic rings. The molecule has 1 aromatic carbocycles. The second-order valence-corrected chi connectivity index (χ2v) is 5.77. The molecule has 0 bridgehead atoms. The standard InChI is InChI=1S/C15H19F3N2O/c1-9-5-7-20(8-6-9)10(2)15(21)19-12-4-3-11(16)13(17)14(12)18/h3-4,9-10H,5-8H2,1-2H3,(H,19,21)/p+1/t10-/m0/s1. The number of amides is 1. The Bertz CT molecular complexity index is 528.